The summed E-state index contributed by atoms with van der Waals surface area (Å²) in [5.74, 6) is 1.08. The van der Waals surface area contributed by atoms with E-state index in [0.717, 1.165) is 10.0 Å². The number of benzene rings is 2. The fraction of sp³-hybridized carbons (Fsp3) is 0.200. The standard InChI is InChI=1S/C15H16BrNO4S/c1-10-8-12(5-7-14(10)20-2)22(18,19)17-13-9-11(16)4-6-15(13)21-3/h4-9,17H,1-3H3. The molecule has 0 aliphatic carbocycles. The molecule has 0 heterocycles. The molecule has 2 aromatic carbocycles. The number of ether oxygens (including phenoxy) is 2. The molecule has 0 saturated carbocycles. The zero-order chi connectivity index (χ0) is 16.3. The molecule has 1 N–H and O–H groups in total. The van der Waals surface area contributed by atoms with Crippen LogP contribution in [0.1, 0.15) is 5.56 Å². The van der Waals surface area contributed by atoms with Crippen molar-refractivity contribution in [3.8, 4) is 11.5 Å². The van der Waals surface area contributed by atoms with Gasteiger partial charge < -0.3 is 9.47 Å². The van der Waals surface area contributed by atoms with Gasteiger partial charge in [0.2, 0.25) is 0 Å². The lowest BCUT2D eigenvalue weighted by atomic mass is 10.2. The van der Waals surface area contributed by atoms with Crippen LogP contribution in [0, 0.1) is 6.92 Å². The molecule has 0 aromatic heterocycles. The van der Waals surface area contributed by atoms with Crippen molar-refractivity contribution in [1.29, 1.82) is 0 Å². The van der Waals surface area contributed by atoms with Gasteiger partial charge in [-0.25, -0.2) is 8.42 Å². The van der Waals surface area contributed by atoms with Crippen LogP contribution in [0.25, 0.3) is 0 Å². The third-order valence-corrected chi connectivity index (χ3v) is 4.94. The average molecular weight is 386 g/mol. The van der Waals surface area contributed by atoms with Crippen LogP contribution in [0.4, 0.5) is 5.69 Å². The van der Waals surface area contributed by atoms with Gasteiger partial charge in [0.15, 0.2) is 0 Å². The highest BCUT2D eigenvalue weighted by Crippen LogP contribution is 2.30. The lowest BCUT2D eigenvalue weighted by Gasteiger charge is -2.13. The molecule has 0 aliphatic heterocycles. The SMILES string of the molecule is COc1ccc(S(=O)(=O)Nc2cc(Br)ccc2OC)cc1C. The lowest BCUT2D eigenvalue weighted by Crippen LogP contribution is -2.14. The number of anilines is 1. The van der Waals surface area contributed by atoms with Gasteiger partial charge in [0.05, 0.1) is 24.8 Å². The molecule has 0 atom stereocenters. The average Bonchev–Trinajstić information content (AvgIpc) is 2.47. The number of nitrogens with one attached hydrogen (secondary N) is 1. The molecule has 0 aliphatic rings. The van der Waals surface area contributed by atoms with Gasteiger partial charge in [-0.05, 0) is 48.9 Å². The fourth-order valence-electron chi connectivity index (χ4n) is 1.98. The maximum absolute atomic E-state index is 12.5. The Morgan fingerprint density at radius 2 is 1.64 bits per heavy atom. The molecular formula is C15H16BrNO4S. The number of halogens is 1. The van der Waals surface area contributed by atoms with E-state index in [0.29, 0.717) is 17.2 Å². The molecular weight excluding hydrogens is 370 g/mol. The smallest absolute Gasteiger partial charge is 0.262 e. The van der Waals surface area contributed by atoms with Crippen LogP contribution in [0.3, 0.4) is 0 Å². The van der Waals surface area contributed by atoms with E-state index in [1.807, 2.05) is 0 Å². The fourth-order valence-corrected chi connectivity index (χ4v) is 3.49. The summed E-state index contributed by atoms with van der Waals surface area (Å²) in [6.45, 7) is 1.79. The maximum atomic E-state index is 12.5. The highest BCUT2D eigenvalue weighted by Gasteiger charge is 2.18. The topological polar surface area (TPSA) is 64.6 Å². The van der Waals surface area contributed by atoms with Crippen LogP contribution in [0.15, 0.2) is 45.8 Å². The first-order valence-corrected chi connectivity index (χ1v) is 8.66. The Morgan fingerprint density at radius 3 is 2.23 bits per heavy atom. The minimum atomic E-state index is -3.72. The molecule has 5 nitrogen and oxygen atoms in total. The van der Waals surface area contributed by atoms with Crippen LogP contribution in [-0.4, -0.2) is 22.6 Å². The monoisotopic (exact) mass is 385 g/mol. The first kappa shape index (κ1) is 16.6. The predicted octanol–water partition coefficient (Wildman–Crippen LogP) is 3.58. The number of methoxy groups -OCH3 is 2. The highest BCUT2D eigenvalue weighted by molar-refractivity contribution is 9.10. The molecule has 0 radical (unpaired) electrons. The van der Waals surface area contributed by atoms with Crippen molar-refractivity contribution in [2.45, 2.75) is 11.8 Å². The van der Waals surface area contributed by atoms with Gasteiger partial charge in [-0.1, -0.05) is 15.9 Å². The second-order valence-corrected chi connectivity index (χ2v) is 7.18. The Bertz CT molecular complexity index is 790. The first-order valence-electron chi connectivity index (χ1n) is 6.38. The van der Waals surface area contributed by atoms with Crippen LogP contribution in [0.2, 0.25) is 0 Å². The normalized spacial score (nSPS) is 11.1. The Kier molecular flexibility index (Phi) is 4.97. The molecule has 2 aromatic rings. The first-order chi connectivity index (χ1) is 10.4. The van der Waals surface area contributed by atoms with Gasteiger partial charge in [-0.3, -0.25) is 4.72 Å². The largest absolute Gasteiger partial charge is 0.496 e. The van der Waals surface area contributed by atoms with E-state index in [4.69, 9.17) is 9.47 Å². The quantitative estimate of drug-likeness (QED) is 0.853. The molecule has 118 valence electrons. The zero-order valence-corrected chi connectivity index (χ0v) is 14.8. The molecule has 0 unspecified atom stereocenters. The van der Waals surface area contributed by atoms with Gasteiger partial charge in [0.1, 0.15) is 11.5 Å². The van der Waals surface area contributed by atoms with E-state index in [9.17, 15) is 8.42 Å². The number of rotatable bonds is 5. The lowest BCUT2D eigenvalue weighted by molar-refractivity contribution is 0.411. The second kappa shape index (κ2) is 6.58. The third-order valence-electron chi connectivity index (χ3n) is 3.08. The van der Waals surface area contributed by atoms with E-state index in [-0.39, 0.29) is 4.90 Å². The van der Waals surface area contributed by atoms with Crippen LogP contribution < -0.4 is 14.2 Å². The zero-order valence-electron chi connectivity index (χ0n) is 12.4. The van der Waals surface area contributed by atoms with Gasteiger partial charge in [0.25, 0.3) is 10.0 Å². The Balaban J connectivity index is 2.40. The maximum Gasteiger partial charge on any atom is 0.262 e. The summed E-state index contributed by atoms with van der Waals surface area (Å²) in [5, 5.41) is 0. The van der Waals surface area contributed by atoms with E-state index in [1.165, 1.54) is 13.2 Å². The third kappa shape index (κ3) is 3.53. The molecule has 7 heteroatoms. The molecule has 22 heavy (non-hydrogen) atoms. The van der Waals surface area contributed by atoms with E-state index < -0.39 is 10.0 Å². The van der Waals surface area contributed by atoms with Crippen molar-refractivity contribution in [2.75, 3.05) is 18.9 Å². The van der Waals surface area contributed by atoms with E-state index in [2.05, 4.69) is 20.7 Å². The van der Waals surface area contributed by atoms with Crippen LogP contribution in [0.5, 0.6) is 11.5 Å². The van der Waals surface area contributed by atoms with Crippen molar-refractivity contribution in [3.63, 3.8) is 0 Å². The Hall–Kier alpha value is -1.73. The summed E-state index contributed by atoms with van der Waals surface area (Å²) in [7, 11) is -0.689. The molecule has 2 rings (SSSR count). The minimum Gasteiger partial charge on any atom is -0.496 e. The van der Waals surface area contributed by atoms with Crippen molar-refractivity contribution in [3.05, 3.63) is 46.4 Å². The van der Waals surface area contributed by atoms with Crippen LogP contribution >= 0.6 is 15.9 Å². The Morgan fingerprint density at radius 1 is 1.00 bits per heavy atom. The molecule has 0 bridgehead atoms. The van der Waals surface area contributed by atoms with Gasteiger partial charge >= 0.3 is 0 Å². The highest BCUT2D eigenvalue weighted by atomic mass is 79.9. The summed E-state index contributed by atoms with van der Waals surface area (Å²) < 4.78 is 38.6. The van der Waals surface area contributed by atoms with Crippen molar-refractivity contribution >= 4 is 31.6 Å². The Labute approximate surface area is 138 Å². The number of sulfonamides is 1. The summed E-state index contributed by atoms with van der Waals surface area (Å²) in [6.07, 6.45) is 0. The summed E-state index contributed by atoms with van der Waals surface area (Å²) in [4.78, 5) is 0.160. The van der Waals surface area contributed by atoms with Gasteiger partial charge in [-0.15, -0.1) is 0 Å². The summed E-state index contributed by atoms with van der Waals surface area (Å²) in [6, 6.07) is 9.79. The van der Waals surface area contributed by atoms with E-state index >= 15 is 0 Å². The minimum absolute atomic E-state index is 0.160. The predicted molar refractivity (Wildman–Crippen MR) is 89.2 cm³/mol. The number of hydrogen-bond acceptors (Lipinski definition) is 4. The molecule has 0 spiro atoms. The van der Waals surface area contributed by atoms with Gasteiger partial charge in [0, 0.05) is 4.47 Å². The second-order valence-electron chi connectivity index (χ2n) is 4.58. The molecule has 0 fully saturated rings. The molecule has 0 saturated heterocycles. The van der Waals surface area contributed by atoms with Crippen molar-refractivity contribution in [2.24, 2.45) is 0 Å². The van der Waals surface area contributed by atoms with E-state index in [1.54, 1.807) is 44.4 Å². The molecule has 0 amide bonds. The van der Waals surface area contributed by atoms with Crippen molar-refractivity contribution in [1.82, 2.24) is 0 Å². The van der Waals surface area contributed by atoms with Crippen molar-refractivity contribution < 1.29 is 17.9 Å². The van der Waals surface area contributed by atoms with Gasteiger partial charge in [-0.2, -0.15) is 0 Å². The van der Waals surface area contributed by atoms with Crippen LogP contribution in [-0.2, 0) is 10.0 Å². The number of hydrogen-bond donors (Lipinski definition) is 1. The summed E-state index contributed by atoms with van der Waals surface area (Å²) in [5.41, 5.74) is 1.11. The summed E-state index contributed by atoms with van der Waals surface area (Å²) >= 11 is 3.31. The number of aryl methyl sites for hydroxylation is 1.